The molecule has 3 rings (SSSR count). The van der Waals surface area contributed by atoms with Crippen LogP contribution in [0.5, 0.6) is 0 Å². The van der Waals surface area contributed by atoms with Gasteiger partial charge in [0.2, 0.25) is 5.91 Å². The highest BCUT2D eigenvalue weighted by molar-refractivity contribution is 5.80. The molecule has 3 aliphatic rings. The van der Waals surface area contributed by atoms with Crippen LogP contribution in [0, 0.1) is 11.8 Å². The number of nitrogens with one attached hydrogen (secondary N) is 1. The van der Waals surface area contributed by atoms with Crippen LogP contribution in [-0.2, 0) is 14.3 Å². The standard InChI is InChI=1S/C17H30N4O3.C2HF3O2/c1-12(2)9-18-17(23)21-10-13-8-14(15(11-21)24-13)16(22)20-6-4-19(3)5-7-20;3-2(4,5)1(6)7/h12-15H,4-11H2,1-3H3,(H,18,23);(H,6,7). The molecule has 3 heterocycles. The molecule has 12 heteroatoms. The third-order valence-electron chi connectivity index (χ3n) is 5.48. The van der Waals surface area contributed by atoms with Gasteiger partial charge in [-0.2, -0.15) is 13.2 Å². The maximum Gasteiger partial charge on any atom is 0.490 e. The zero-order valence-corrected chi connectivity index (χ0v) is 18.0. The fourth-order valence-corrected chi connectivity index (χ4v) is 3.75. The van der Waals surface area contributed by atoms with Gasteiger partial charge in [-0.3, -0.25) is 4.79 Å². The molecule has 3 aliphatic heterocycles. The number of halogens is 3. The largest absolute Gasteiger partial charge is 0.490 e. The van der Waals surface area contributed by atoms with E-state index in [4.69, 9.17) is 14.6 Å². The van der Waals surface area contributed by atoms with Gasteiger partial charge in [0.25, 0.3) is 0 Å². The van der Waals surface area contributed by atoms with E-state index in [0.29, 0.717) is 25.6 Å². The molecule has 3 amide bonds. The van der Waals surface area contributed by atoms with Crippen molar-refractivity contribution in [3.63, 3.8) is 0 Å². The number of rotatable bonds is 3. The molecule has 0 spiro atoms. The summed E-state index contributed by atoms with van der Waals surface area (Å²) >= 11 is 0. The van der Waals surface area contributed by atoms with Gasteiger partial charge in [0.1, 0.15) is 0 Å². The van der Waals surface area contributed by atoms with Gasteiger partial charge in [-0.15, -0.1) is 0 Å². The Balaban J connectivity index is 0.000000423. The van der Waals surface area contributed by atoms with Crippen LogP contribution >= 0.6 is 0 Å². The number of alkyl halides is 3. The Morgan fingerprint density at radius 2 is 1.68 bits per heavy atom. The van der Waals surface area contributed by atoms with Gasteiger partial charge >= 0.3 is 18.2 Å². The van der Waals surface area contributed by atoms with Crippen molar-refractivity contribution in [2.75, 3.05) is 52.9 Å². The number of hydrogen-bond acceptors (Lipinski definition) is 5. The number of piperazine rings is 1. The summed E-state index contributed by atoms with van der Waals surface area (Å²) in [5, 5.41) is 10.1. The Hall–Kier alpha value is -2.08. The average molecular weight is 452 g/mol. The number of nitrogens with zero attached hydrogens (tertiary/aromatic N) is 3. The van der Waals surface area contributed by atoms with E-state index >= 15 is 0 Å². The number of ether oxygens (including phenoxy) is 1. The Kier molecular flexibility index (Phi) is 8.52. The number of urea groups is 1. The van der Waals surface area contributed by atoms with Gasteiger partial charge < -0.3 is 29.9 Å². The highest BCUT2D eigenvalue weighted by atomic mass is 19.4. The first-order valence-corrected chi connectivity index (χ1v) is 10.3. The topological polar surface area (TPSA) is 102 Å². The van der Waals surface area contributed by atoms with Gasteiger partial charge in [0.15, 0.2) is 0 Å². The summed E-state index contributed by atoms with van der Waals surface area (Å²) in [5.74, 6) is -2.22. The van der Waals surface area contributed by atoms with E-state index in [1.807, 2.05) is 9.80 Å². The Bertz CT molecular complexity index is 653. The van der Waals surface area contributed by atoms with Crippen LogP contribution < -0.4 is 5.32 Å². The summed E-state index contributed by atoms with van der Waals surface area (Å²) in [4.78, 5) is 40.1. The van der Waals surface area contributed by atoms with Crippen LogP contribution in [-0.4, -0.2) is 109 Å². The van der Waals surface area contributed by atoms with Crippen molar-refractivity contribution in [2.45, 2.75) is 38.7 Å². The van der Waals surface area contributed by atoms with E-state index in [2.05, 4.69) is 31.1 Å². The van der Waals surface area contributed by atoms with E-state index in [1.54, 1.807) is 0 Å². The molecular weight excluding hydrogens is 421 g/mol. The molecule has 3 unspecified atom stereocenters. The molecule has 3 atom stereocenters. The average Bonchev–Trinajstić information content (AvgIpc) is 2.99. The van der Waals surface area contributed by atoms with Gasteiger partial charge in [0.05, 0.1) is 18.1 Å². The second-order valence-electron chi connectivity index (χ2n) is 8.56. The van der Waals surface area contributed by atoms with E-state index in [-0.39, 0.29) is 30.1 Å². The number of carbonyl (C=O) groups is 3. The fraction of sp³-hybridized carbons (Fsp3) is 0.842. The van der Waals surface area contributed by atoms with Crippen molar-refractivity contribution in [1.29, 1.82) is 0 Å². The molecule has 0 aliphatic carbocycles. The summed E-state index contributed by atoms with van der Waals surface area (Å²) in [7, 11) is 2.08. The Morgan fingerprint density at radius 3 is 2.19 bits per heavy atom. The van der Waals surface area contributed by atoms with Crippen molar-refractivity contribution < 1.29 is 37.4 Å². The summed E-state index contributed by atoms with van der Waals surface area (Å²) < 4.78 is 37.7. The zero-order chi connectivity index (χ0) is 23.3. The summed E-state index contributed by atoms with van der Waals surface area (Å²) in [5.41, 5.74) is 0. The number of likely N-dealkylation sites (tertiary alicyclic amines) is 1. The number of fused-ring (bicyclic) bond motifs is 2. The first-order chi connectivity index (χ1) is 14.4. The van der Waals surface area contributed by atoms with Crippen LogP contribution in [0.3, 0.4) is 0 Å². The van der Waals surface area contributed by atoms with E-state index in [9.17, 15) is 22.8 Å². The number of carboxylic acids is 1. The number of morpholine rings is 1. The summed E-state index contributed by atoms with van der Waals surface area (Å²) in [6, 6.07) is -0.0327. The molecular formula is C19H31F3N4O5. The minimum Gasteiger partial charge on any atom is -0.475 e. The Morgan fingerprint density at radius 1 is 1.10 bits per heavy atom. The van der Waals surface area contributed by atoms with Gasteiger partial charge in [0, 0.05) is 45.8 Å². The van der Waals surface area contributed by atoms with Gasteiger partial charge in [-0.05, 0) is 19.4 Å². The fourth-order valence-electron chi connectivity index (χ4n) is 3.75. The molecule has 3 fully saturated rings. The predicted molar refractivity (Wildman–Crippen MR) is 104 cm³/mol. The van der Waals surface area contributed by atoms with Crippen LogP contribution in [0.2, 0.25) is 0 Å². The molecule has 0 aromatic heterocycles. The number of likely N-dealkylation sites (N-methyl/N-ethyl adjacent to an activating group) is 1. The first kappa shape index (κ1) is 25.2. The van der Waals surface area contributed by atoms with Crippen LogP contribution in [0.25, 0.3) is 0 Å². The number of aliphatic carboxylic acids is 1. The van der Waals surface area contributed by atoms with Crippen molar-refractivity contribution in [2.24, 2.45) is 11.8 Å². The lowest BCUT2D eigenvalue weighted by molar-refractivity contribution is -0.192. The lowest BCUT2D eigenvalue weighted by Gasteiger charge is -2.36. The van der Waals surface area contributed by atoms with Crippen molar-refractivity contribution in [1.82, 2.24) is 20.0 Å². The predicted octanol–water partition coefficient (Wildman–Crippen LogP) is 0.849. The molecule has 3 saturated heterocycles. The summed E-state index contributed by atoms with van der Waals surface area (Å²) in [6.07, 6.45) is -4.50. The molecule has 0 aromatic carbocycles. The second kappa shape index (κ2) is 10.5. The third-order valence-corrected chi connectivity index (χ3v) is 5.48. The number of carbonyl (C=O) groups excluding carboxylic acids is 2. The number of amides is 3. The lowest BCUT2D eigenvalue weighted by atomic mass is 9.98. The molecule has 0 aromatic rings. The van der Waals surface area contributed by atoms with Crippen LogP contribution in [0.15, 0.2) is 0 Å². The SMILES string of the molecule is CC(C)CNC(=O)N1CC2CC(C(=O)N3CCN(C)CC3)C(C1)O2.O=C(O)C(F)(F)F. The Labute approximate surface area is 179 Å². The third kappa shape index (κ3) is 7.23. The number of hydrogen-bond donors (Lipinski definition) is 2. The van der Waals surface area contributed by atoms with E-state index in [0.717, 1.165) is 32.6 Å². The first-order valence-electron chi connectivity index (χ1n) is 10.3. The molecule has 31 heavy (non-hydrogen) atoms. The second-order valence-corrected chi connectivity index (χ2v) is 8.56. The molecule has 2 N–H and O–H groups in total. The molecule has 2 bridgehead atoms. The van der Waals surface area contributed by atoms with Crippen molar-refractivity contribution >= 4 is 17.9 Å². The molecule has 0 saturated carbocycles. The van der Waals surface area contributed by atoms with Gasteiger partial charge in [-0.1, -0.05) is 13.8 Å². The van der Waals surface area contributed by atoms with Crippen LogP contribution in [0.4, 0.5) is 18.0 Å². The van der Waals surface area contributed by atoms with E-state index in [1.165, 1.54) is 0 Å². The monoisotopic (exact) mass is 452 g/mol. The minimum atomic E-state index is -5.08. The maximum absolute atomic E-state index is 12.8. The smallest absolute Gasteiger partial charge is 0.475 e. The van der Waals surface area contributed by atoms with E-state index < -0.39 is 12.1 Å². The molecule has 9 nitrogen and oxygen atoms in total. The normalized spacial score (nSPS) is 26.4. The quantitative estimate of drug-likeness (QED) is 0.658. The highest BCUT2D eigenvalue weighted by Gasteiger charge is 2.47. The molecule has 0 radical (unpaired) electrons. The highest BCUT2D eigenvalue weighted by Crippen LogP contribution is 2.33. The van der Waals surface area contributed by atoms with Crippen molar-refractivity contribution in [3.8, 4) is 0 Å². The maximum atomic E-state index is 12.8. The number of carboxylic acid groups (broad SMARTS) is 1. The molecule has 178 valence electrons. The lowest BCUT2D eigenvalue weighted by Crippen LogP contribution is -2.53. The van der Waals surface area contributed by atoms with Gasteiger partial charge in [-0.25, -0.2) is 9.59 Å². The van der Waals surface area contributed by atoms with Crippen molar-refractivity contribution in [3.05, 3.63) is 0 Å². The van der Waals surface area contributed by atoms with Crippen LogP contribution in [0.1, 0.15) is 20.3 Å². The zero-order valence-electron chi connectivity index (χ0n) is 18.0. The minimum absolute atomic E-state index is 0.00466. The summed E-state index contributed by atoms with van der Waals surface area (Å²) in [6.45, 7) is 9.38.